The highest BCUT2D eigenvalue weighted by molar-refractivity contribution is 6.33. The smallest absolute Gasteiger partial charge is 0.307 e. The lowest BCUT2D eigenvalue weighted by Gasteiger charge is -2.16. The summed E-state index contributed by atoms with van der Waals surface area (Å²) < 4.78 is 0. The van der Waals surface area contributed by atoms with Gasteiger partial charge in [0.15, 0.2) is 0 Å². The van der Waals surface area contributed by atoms with Crippen LogP contribution < -0.4 is 10.6 Å². The van der Waals surface area contributed by atoms with E-state index in [9.17, 15) is 14.7 Å². The number of carboxylic acid groups (broad SMARTS) is 1. The normalized spacial score (nSPS) is 17.7. The molecule has 5 nitrogen and oxygen atoms in total. The van der Waals surface area contributed by atoms with Crippen LogP contribution in [0, 0.1) is 18.8 Å². The summed E-state index contributed by atoms with van der Waals surface area (Å²) in [4.78, 5) is 23.8. The fourth-order valence-corrected chi connectivity index (χ4v) is 4.51. The molecule has 3 aromatic rings. The van der Waals surface area contributed by atoms with Gasteiger partial charge in [-0.15, -0.1) is 0 Å². The number of rotatable bonds is 6. The van der Waals surface area contributed by atoms with Gasteiger partial charge >= 0.3 is 5.97 Å². The maximum absolute atomic E-state index is 12.5. The number of carbonyl (C=O) groups is 2. The topological polar surface area (TPSA) is 78.4 Å². The molecule has 32 heavy (non-hydrogen) atoms. The number of aryl methyl sites for hydroxylation is 1. The van der Waals surface area contributed by atoms with Crippen molar-refractivity contribution in [2.24, 2.45) is 11.8 Å². The average Bonchev–Trinajstić information content (AvgIpc) is 3.27. The van der Waals surface area contributed by atoms with Crippen LogP contribution in [-0.4, -0.2) is 17.0 Å². The van der Waals surface area contributed by atoms with E-state index in [4.69, 9.17) is 11.6 Å². The summed E-state index contributed by atoms with van der Waals surface area (Å²) in [6.07, 6.45) is 1.93. The average molecular weight is 449 g/mol. The molecule has 0 aliphatic heterocycles. The highest BCUT2D eigenvalue weighted by Crippen LogP contribution is 2.34. The first kappa shape index (κ1) is 21.9. The van der Waals surface area contributed by atoms with Gasteiger partial charge in [-0.3, -0.25) is 9.59 Å². The summed E-state index contributed by atoms with van der Waals surface area (Å²) in [5.74, 6) is -2.20. The van der Waals surface area contributed by atoms with Crippen molar-refractivity contribution in [2.75, 3.05) is 10.6 Å². The molecule has 3 N–H and O–H groups in total. The van der Waals surface area contributed by atoms with Crippen LogP contribution in [0.1, 0.15) is 24.8 Å². The van der Waals surface area contributed by atoms with Crippen LogP contribution >= 0.6 is 11.6 Å². The number of halogens is 1. The number of carbonyl (C=O) groups excluding carboxylic acids is 1. The molecule has 164 valence electrons. The highest BCUT2D eigenvalue weighted by Gasteiger charge is 2.37. The molecule has 1 saturated carbocycles. The second-order valence-electron chi connectivity index (χ2n) is 8.18. The molecular weight excluding hydrogens is 424 g/mol. The van der Waals surface area contributed by atoms with Crippen LogP contribution in [-0.2, 0) is 9.59 Å². The molecule has 0 radical (unpaired) electrons. The van der Waals surface area contributed by atoms with Crippen LogP contribution in [0.15, 0.2) is 66.7 Å². The second kappa shape index (κ2) is 9.45. The van der Waals surface area contributed by atoms with E-state index in [1.165, 1.54) is 5.56 Å². The summed E-state index contributed by atoms with van der Waals surface area (Å²) in [6.45, 7) is 2.07. The van der Waals surface area contributed by atoms with Crippen molar-refractivity contribution in [2.45, 2.75) is 26.2 Å². The highest BCUT2D eigenvalue weighted by atomic mass is 35.5. The molecule has 0 heterocycles. The maximum atomic E-state index is 12.5. The molecule has 0 bridgehead atoms. The van der Waals surface area contributed by atoms with E-state index in [0.717, 1.165) is 28.9 Å². The van der Waals surface area contributed by atoms with Crippen molar-refractivity contribution in [3.8, 4) is 11.1 Å². The molecule has 1 aliphatic rings. The van der Waals surface area contributed by atoms with Crippen molar-refractivity contribution >= 4 is 40.5 Å². The summed E-state index contributed by atoms with van der Waals surface area (Å²) in [6, 6.07) is 21.4. The standard InChI is InChI=1S/C26H25ClN2O3/c1-16-5-2-3-6-20(16)17-9-14-24(23(27)15-17)28-18-10-12-19(13-11-18)29-25(30)21-7-4-8-22(21)26(31)32/h2-3,5-6,9-15,21-22,28H,4,7-8H2,1H3,(H,29,30)(H,31,32). The molecule has 0 saturated heterocycles. The third kappa shape index (κ3) is 4.78. The Morgan fingerprint density at radius 2 is 1.62 bits per heavy atom. The first-order valence-electron chi connectivity index (χ1n) is 10.7. The molecule has 1 aliphatic carbocycles. The Hall–Kier alpha value is -3.31. The van der Waals surface area contributed by atoms with Gasteiger partial charge < -0.3 is 15.7 Å². The molecule has 1 fully saturated rings. The molecule has 0 aromatic heterocycles. The first-order valence-corrected chi connectivity index (χ1v) is 11.1. The lowest BCUT2D eigenvalue weighted by atomic mass is 9.95. The number of anilines is 3. The Labute approximate surface area is 192 Å². The molecule has 2 unspecified atom stereocenters. The number of nitrogens with one attached hydrogen (secondary N) is 2. The van der Waals surface area contributed by atoms with Crippen LogP contribution in [0.5, 0.6) is 0 Å². The number of benzene rings is 3. The number of carboxylic acids is 1. The maximum Gasteiger partial charge on any atom is 0.307 e. The van der Waals surface area contributed by atoms with E-state index < -0.39 is 17.8 Å². The largest absolute Gasteiger partial charge is 0.481 e. The molecule has 3 aromatic carbocycles. The summed E-state index contributed by atoms with van der Waals surface area (Å²) in [5.41, 5.74) is 5.65. The summed E-state index contributed by atoms with van der Waals surface area (Å²) >= 11 is 6.53. The number of aliphatic carboxylic acids is 1. The van der Waals surface area contributed by atoms with E-state index in [1.54, 1.807) is 12.1 Å². The number of amides is 1. The van der Waals surface area contributed by atoms with Crippen molar-refractivity contribution < 1.29 is 14.7 Å². The molecule has 0 spiro atoms. The zero-order valence-corrected chi connectivity index (χ0v) is 18.5. The monoisotopic (exact) mass is 448 g/mol. The lowest BCUT2D eigenvalue weighted by molar-refractivity contribution is -0.145. The van der Waals surface area contributed by atoms with Crippen LogP contribution in [0.4, 0.5) is 17.1 Å². The minimum Gasteiger partial charge on any atom is -0.481 e. The number of hydrogen-bond donors (Lipinski definition) is 3. The fourth-order valence-electron chi connectivity index (χ4n) is 4.28. The van der Waals surface area contributed by atoms with Crippen LogP contribution in [0.25, 0.3) is 11.1 Å². The molecule has 6 heteroatoms. The van der Waals surface area contributed by atoms with Gasteiger partial charge in [0.2, 0.25) is 5.91 Å². The Balaban J connectivity index is 1.42. The quantitative estimate of drug-likeness (QED) is 0.402. The van der Waals surface area contributed by atoms with Crippen molar-refractivity contribution in [1.29, 1.82) is 0 Å². The van der Waals surface area contributed by atoms with E-state index in [2.05, 4.69) is 29.7 Å². The number of hydrogen-bond acceptors (Lipinski definition) is 3. The lowest BCUT2D eigenvalue weighted by Crippen LogP contribution is -2.29. The van der Waals surface area contributed by atoms with E-state index in [-0.39, 0.29) is 5.91 Å². The molecular formula is C26H25ClN2O3. The van der Waals surface area contributed by atoms with Gasteiger partial charge in [-0.25, -0.2) is 0 Å². The zero-order valence-electron chi connectivity index (χ0n) is 17.8. The minimum atomic E-state index is -0.896. The van der Waals surface area contributed by atoms with Crippen molar-refractivity contribution in [1.82, 2.24) is 0 Å². The van der Waals surface area contributed by atoms with E-state index in [0.29, 0.717) is 23.6 Å². The Kier molecular flexibility index (Phi) is 6.47. The van der Waals surface area contributed by atoms with E-state index >= 15 is 0 Å². The van der Waals surface area contributed by atoms with Gasteiger partial charge in [0.1, 0.15) is 0 Å². The summed E-state index contributed by atoms with van der Waals surface area (Å²) in [7, 11) is 0. The first-order chi connectivity index (χ1) is 15.4. The molecule has 4 rings (SSSR count). The SMILES string of the molecule is Cc1ccccc1-c1ccc(Nc2ccc(NC(=O)C3CCCC3C(=O)O)cc2)c(Cl)c1. The predicted octanol–water partition coefficient (Wildman–Crippen LogP) is 6.50. The third-order valence-corrected chi connectivity index (χ3v) is 6.34. The Morgan fingerprint density at radius 3 is 2.31 bits per heavy atom. The van der Waals surface area contributed by atoms with Gasteiger partial charge in [0, 0.05) is 11.4 Å². The van der Waals surface area contributed by atoms with Gasteiger partial charge in [-0.05, 0) is 72.9 Å². The zero-order chi connectivity index (χ0) is 22.7. The second-order valence-corrected chi connectivity index (χ2v) is 8.59. The third-order valence-electron chi connectivity index (χ3n) is 6.03. The van der Waals surface area contributed by atoms with Crippen LogP contribution in [0.2, 0.25) is 5.02 Å². The fraction of sp³-hybridized carbons (Fsp3) is 0.231. The van der Waals surface area contributed by atoms with E-state index in [1.807, 2.05) is 42.5 Å². The van der Waals surface area contributed by atoms with Crippen molar-refractivity contribution in [3.05, 3.63) is 77.3 Å². The summed E-state index contributed by atoms with van der Waals surface area (Å²) in [5, 5.41) is 16.1. The van der Waals surface area contributed by atoms with Crippen molar-refractivity contribution in [3.63, 3.8) is 0 Å². The predicted molar refractivity (Wildman–Crippen MR) is 128 cm³/mol. The Bertz CT molecular complexity index is 1140. The molecule has 2 atom stereocenters. The molecule has 1 amide bonds. The van der Waals surface area contributed by atoms with Crippen LogP contribution in [0.3, 0.4) is 0 Å². The minimum absolute atomic E-state index is 0.231. The van der Waals surface area contributed by atoms with Gasteiger partial charge in [-0.2, -0.15) is 0 Å². The Morgan fingerprint density at radius 1 is 0.938 bits per heavy atom. The van der Waals surface area contributed by atoms with Gasteiger partial charge in [0.05, 0.1) is 22.5 Å². The van der Waals surface area contributed by atoms with Gasteiger partial charge in [0.25, 0.3) is 0 Å². The van der Waals surface area contributed by atoms with Gasteiger partial charge in [-0.1, -0.05) is 48.4 Å².